The van der Waals surface area contributed by atoms with E-state index in [4.69, 9.17) is 0 Å². The zero-order valence-corrected chi connectivity index (χ0v) is 9.38. The Bertz CT molecular complexity index is 660. The standard InChI is InChI=1S/C11H7N3O2S/c15-10-8(17-11(16)14-10)4-6-3-7-1-2-12-9(7)13-5-6/h1-5H,(H,12,13)(H,14,15,16). The minimum absolute atomic E-state index is 0.336. The lowest BCUT2D eigenvalue weighted by atomic mass is 10.2. The first kappa shape index (κ1) is 10.1. The molecule has 2 N–H and O–H groups in total. The number of nitrogens with one attached hydrogen (secondary N) is 2. The smallest absolute Gasteiger partial charge is 0.290 e. The summed E-state index contributed by atoms with van der Waals surface area (Å²) < 4.78 is 0. The summed E-state index contributed by atoms with van der Waals surface area (Å²) in [5, 5.41) is 2.84. The van der Waals surface area contributed by atoms with E-state index in [9.17, 15) is 9.59 Å². The first-order valence-corrected chi connectivity index (χ1v) is 5.72. The van der Waals surface area contributed by atoms with Crippen LogP contribution in [0.5, 0.6) is 0 Å². The number of carbonyl (C=O) groups is 2. The van der Waals surface area contributed by atoms with Gasteiger partial charge in [0.25, 0.3) is 11.1 Å². The first-order chi connectivity index (χ1) is 8.22. The number of hydrogen-bond donors (Lipinski definition) is 2. The molecular formula is C11H7N3O2S. The molecule has 0 bridgehead atoms. The van der Waals surface area contributed by atoms with Crippen molar-refractivity contribution in [1.82, 2.24) is 15.3 Å². The summed E-state index contributed by atoms with van der Waals surface area (Å²) >= 11 is 0.902. The molecule has 0 aliphatic carbocycles. The van der Waals surface area contributed by atoms with E-state index in [0.29, 0.717) is 4.91 Å². The normalized spacial score (nSPS) is 18.0. The van der Waals surface area contributed by atoms with E-state index in [1.807, 2.05) is 12.1 Å². The van der Waals surface area contributed by atoms with Crippen molar-refractivity contribution in [3.63, 3.8) is 0 Å². The van der Waals surface area contributed by atoms with Crippen LogP contribution in [-0.2, 0) is 4.79 Å². The molecular weight excluding hydrogens is 238 g/mol. The minimum Gasteiger partial charge on any atom is -0.346 e. The van der Waals surface area contributed by atoms with Gasteiger partial charge in [-0.2, -0.15) is 0 Å². The van der Waals surface area contributed by atoms with Crippen LogP contribution in [0.4, 0.5) is 4.79 Å². The molecule has 2 aromatic rings. The Morgan fingerprint density at radius 1 is 1.35 bits per heavy atom. The quantitative estimate of drug-likeness (QED) is 0.752. The van der Waals surface area contributed by atoms with Crippen LogP contribution in [0.25, 0.3) is 17.1 Å². The Hall–Kier alpha value is -2.08. The predicted molar refractivity (Wildman–Crippen MR) is 65.2 cm³/mol. The van der Waals surface area contributed by atoms with Gasteiger partial charge in [0.15, 0.2) is 0 Å². The van der Waals surface area contributed by atoms with E-state index in [-0.39, 0.29) is 11.1 Å². The van der Waals surface area contributed by atoms with Crippen LogP contribution < -0.4 is 5.32 Å². The Kier molecular flexibility index (Phi) is 2.22. The predicted octanol–water partition coefficient (Wildman–Crippen LogP) is 1.89. The molecule has 0 saturated carbocycles. The number of nitrogens with zero attached hydrogens (tertiary/aromatic N) is 1. The van der Waals surface area contributed by atoms with E-state index in [1.165, 1.54) is 0 Å². The molecule has 3 heterocycles. The van der Waals surface area contributed by atoms with Gasteiger partial charge in [0.2, 0.25) is 0 Å². The molecule has 1 aliphatic rings. The van der Waals surface area contributed by atoms with Crippen LogP contribution >= 0.6 is 11.8 Å². The van der Waals surface area contributed by atoms with Gasteiger partial charge < -0.3 is 4.98 Å². The summed E-state index contributed by atoms with van der Waals surface area (Å²) in [7, 11) is 0. The van der Waals surface area contributed by atoms with Gasteiger partial charge >= 0.3 is 0 Å². The number of H-pyrrole nitrogens is 1. The minimum atomic E-state index is -0.353. The summed E-state index contributed by atoms with van der Waals surface area (Å²) in [6.07, 6.45) is 5.11. The molecule has 6 heteroatoms. The molecule has 0 spiro atoms. The molecule has 0 atom stereocenters. The maximum absolute atomic E-state index is 11.4. The number of hydrogen-bond acceptors (Lipinski definition) is 4. The van der Waals surface area contributed by atoms with Crippen molar-refractivity contribution < 1.29 is 9.59 Å². The molecule has 5 nitrogen and oxygen atoms in total. The number of fused-ring (bicyclic) bond motifs is 1. The topological polar surface area (TPSA) is 74.8 Å². The van der Waals surface area contributed by atoms with E-state index in [2.05, 4.69) is 15.3 Å². The summed E-state index contributed by atoms with van der Waals surface area (Å²) in [5.74, 6) is -0.353. The van der Waals surface area contributed by atoms with Crippen LogP contribution in [0.2, 0.25) is 0 Å². The van der Waals surface area contributed by atoms with Gasteiger partial charge in [-0.15, -0.1) is 0 Å². The Labute approximate surface area is 100 Å². The second kappa shape index (κ2) is 3.74. The zero-order chi connectivity index (χ0) is 11.8. The molecule has 17 heavy (non-hydrogen) atoms. The van der Waals surface area contributed by atoms with Crippen LogP contribution in [0, 0.1) is 0 Å². The van der Waals surface area contributed by atoms with Crippen LogP contribution in [0.15, 0.2) is 29.4 Å². The highest BCUT2D eigenvalue weighted by Crippen LogP contribution is 2.25. The third-order valence-electron chi connectivity index (χ3n) is 2.36. The van der Waals surface area contributed by atoms with Gasteiger partial charge in [-0.25, -0.2) is 4.98 Å². The van der Waals surface area contributed by atoms with Gasteiger partial charge in [-0.1, -0.05) is 0 Å². The lowest BCUT2D eigenvalue weighted by Gasteiger charge is -1.95. The number of carbonyl (C=O) groups excluding carboxylic acids is 2. The highest BCUT2D eigenvalue weighted by molar-refractivity contribution is 8.18. The molecule has 1 fully saturated rings. The van der Waals surface area contributed by atoms with E-state index < -0.39 is 0 Å². The van der Waals surface area contributed by atoms with E-state index >= 15 is 0 Å². The number of rotatable bonds is 1. The Morgan fingerprint density at radius 2 is 2.24 bits per heavy atom. The van der Waals surface area contributed by atoms with Crippen molar-refractivity contribution in [2.45, 2.75) is 0 Å². The van der Waals surface area contributed by atoms with Crippen molar-refractivity contribution in [3.8, 4) is 0 Å². The summed E-state index contributed by atoms with van der Waals surface area (Å²) in [5.41, 5.74) is 1.59. The maximum atomic E-state index is 11.4. The monoisotopic (exact) mass is 245 g/mol. The van der Waals surface area contributed by atoms with Crippen molar-refractivity contribution >= 4 is 40.0 Å². The average molecular weight is 245 g/mol. The molecule has 1 aliphatic heterocycles. The number of thioether (sulfide) groups is 1. The van der Waals surface area contributed by atoms with Crippen LogP contribution in [0.3, 0.4) is 0 Å². The fourth-order valence-electron chi connectivity index (χ4n) is 1.61. The zero-order valence-electron chi connectivity index (χ0n) is 8.56. The largest absolute Gasteiger partial charge is 0.346 e. The Morgan fingerprint density at radius 3 is 3.00 bits per heavy atom. The molecule has 2 amide bonds. The SMILES string of the molecule is O=C1NC(=O)C(=Cc2cnc3[nH]ccc3c2)S1. The van der Waals surface area contributed by atoms with Gasteiger partial charge in [0.1, 0.15) is 5.65 Å². The molecule has 1 saturated heterocycles. The number of imide groups is 1. The molecule has 84 valence electrons. The summed E-state index contributed by atoms with van der Waals surface area (Å²) in [6.45, 7) is 0. The fourth-order valence-corrected chi connectivity index (χ4v) is 2.29. The molecule has 3 rings (SSSR count). The lowest BCUT2D eigenvalue weighted by molar-refractivity contribution is -0.115. The summed E-state index contributed by atoms with van der Waals surface area (Å²) in [6, 6.07) is 3.81. The molecule has 0 aromatic carbocycles. The third-order valence-corrected chi connectivity index (χ3v) is 3.17. The third kappa shape index (κ3) is 1.83. The van der Waals surface area contributed by atoms with E-state index in [0.717, 1.165) is 28.4 Å². The van der Waals surface area contributed by atoms with Crippen molar-refractivity contribution in [3.05, 3.63) is 35.0 Å². The number of pyridine rings is 1. The lowest BCUT2D eigenvalue weighted by Crippen LogP contribution is -2.17. The second-order valence-electron chi connectivity index (χ2n) is 3.54. The second-order valence-corrected chi connectivity index (χ2v) is 4.55. The van der Waals surface area contributed by atoms with Gasteiger partial charge in [-0.05, 0) is 35.5 Å². The number of aromatic nitrogens is 2. The molecule has 0 unspecified atom stereocenters. The van der Waals surface area contributed by atoms with Crippen LogP contribution in [0.1, 0.15) is 5.56 Å². The number of amides is 2. The fraction of sp³-hybridized carbons (Fsp3) is 0. The average Bonchev–Trinajstić information content (AvgIpc) is 2.85. The van der Waals surface area contributed by atoms with Gasteiger partial charge in [0.05, 0.1) is 4.91 Å². The summed E-state index contributed by atoms with van der Waals surface area (Å²) in [4.78, 5) is 29.9. The van der Waals surface area contributed by atoms with Crippen molar-refractivity contribution in [1.29, 1.82) is 0 Å². The maximum Gasteiger partial charge on any atom is 0.290 e. The number of aromatic amines is 1. The highest BCUT2D eigenvalue weighted by atomic mass is 32.2. The Balaban J connectivity index is 2.01. The highest BCUT2D eigenvalue weighted by Gasteiger charge is 2.24. The molecule has 0 radical (unpaired) electrons. The van der Waals surface area contributed by atoms with Gasteiger partial charge in [0, 0.05) is 17.8 Å². The van der Waals surface area contributed by atoms with Crippen molar-refractivity contribution in [2.75, 3.05) is 0 Å². The van der Waals surface area contributed by atoms with Crippen LogP contribution in [-0.4, -0.2) is 21.1 Å². The van der Waals surface area contributed by atoms with Gasteiger partial charge in [-0.3, -0.25) is 14.9 Å². The van der Waals surface area contributed by atoms with Crippen molar-refractivity contribution in [2.24, 2.45) is 0 Å². The first-order valence-electron chi connectivity index (χ1n) is 4.90. The van der Waals surface area contributed by atoms with E-state index in [1.54, 1.807) is 18.5 Å². The molecule has 2 aromatic heterocycles.